The first-order valence-electron chi connectivity index (χ1n) is 2.78. The van der Waals surface area contributed by atoms with Crippen molar-refractivity contribution in [2.75, 3.05) is 6.54 Å². The van der Waals surface area contributed by atoms with Crippen LogP contribution in [0.2, 0.25) is 0 Å². The lowest BCUT2D eigenvalue weighted by atomic mass is 10.4. The van der Waals surface area contributed by atoms with E-state index < -0.39 is 5.92 Å². The fraction of sp³-hybridized carbons (Fsp3) is 0.667. The summed E-state index contributed by atoms with van der Waals surface area (Å²) in [7, 11) is 0. The molecule has 0 atom stereocenters. The van der Waals surface area contributed by atoms with E-state index >= 15 is 0 Å². The number of rotatable bonds is 3. The van der Waals surface area contributed by atoms with Crippen LogP contribution in [-0.2, 0) is 0 Å². The van der Waals surface area contributed by atoms with Crippen LogP contribution in [0.15, 0.2) is 12.3 Å². The molecule has 0 aliphatic carbocycles. The van der Waals surface area contributed by atoms with Gasteiger partial charge in [0.05, 0.1) is 6.54 Å². The van der Waals surface area contributed by atoms with Crippen LogP contribution < -0.4 is 5.32 Å². The molecule has 0 saturated carbocycles. The van der Waals surface area contributed by atoms with Gasteiger partial charge in [0.25, 0.3) is 5.92 Å². The Morgan fingerprint density at radius 3 is 2.44 bits per heavy atom. The summed E-state index contributed by atoms with van der Waals surface area (Å²) in [5.41, 5.74) is 0. The third-order valence-electron chi connectivity index (χ3n) is 0.697. The van der Waals surface area contributed by atoms with Crippen molar-refractivity contribution < 1.29 is 8.78 Å². The normalized spacial score (nSPS) is 12.4. The van der Waals surface area contributed by atoms with E-state index in [0.29, 0.717) is 0 Å². The summed E-state index contributed by atoms with van der Waals surface area (Å²) in [5.74, 6) is -2.61. The van der Waals surface area contributed by atoms with Crippen molar-refractivity contribution in [3.63, 3.8) is 0 Å². The molecule has 0 aliphatic rings. The molecule has 1 nitrogen and oxygen atoms in total. The molecule has 9 heavy (non-hydrogen) atoms. The van der Waals surface area contributed by atoms with Crippen LogP contribution in [0.1, 0.15) is 13.8 Å². The maximum absolute atomic E-state index is 11.9. The van der Waals surface area contributed by atoms with E-state index in [1.165, 1.54) is 6.20 Å². The maximum Gasteiger partial charge on any atom is 0.262 e. The zero-order valence-electron chi connectivity index (χ0n) is 5.62. The van der Waals surface area contributed by atoms with Gasteiger partial charge in [0.15, 0.2) is 0 Å². The molecule has 0 aromatic rings. The second-order valence-corrected chi connectivity index (χ2v) is 1.95. The van der Waals surface area contributed by atoms with Crippen LogP contribution in [0.4, 0.5) is 8.78 Å². The van der Waals surface area contributed by atoms with E-state index in [4.69, 9.17) is 0 Å². The van der Waals surface area contributed by atoms with Crippen molar-refractivity contribution in [1.82, 2.24) is 5.32 Å². The lowest BCUT2D eigenvalue weighted by molar-refractivity contribution is 0.0260. The molecule has 0 heterocycles. The van der Waals surface area contributed by atoms with E-state index in [9.17, 15) is 8.78 Å². The van der Waals surface area contributed by atoms with Gasteiger partial charge in [-0.15, -0.1) is 0 Å². The van der Waals surface area contributed by atoms with Gasteiger partial charge in [-0.05, 0) is 13.1 Å². The van der Waals surface area contributed by atoms with E-state index in [-0.39, 0.29) is 6.54 Å². The zero-order valence-corrected chi connectivity index (χ0v) is 5.62. The van der Waals surface area contributed by atoms with Crippen molar-refractivity contribution >= 4 is 0 Å². The SMILES string of the molecule is C/C=C\NCC(C)(F)F. The van der Waals surface area contributed by atoms with Gasteiger partial charge >= 0.3 is 0 Å². The first-order valence-corrected chi connectivity index (χ1v) is 2.78. The first-order chi connectivity index (χ1) is 4.06. The molecule has 0 rings (SSSR count). The van der Waals surface area contributed by atoms with Crippen molar-refractivity contribution in [3.8, 4) is 0 Å². The topological polar surface area (TPSA) is 12.0 Å². The predicted octanol–water partition coefficient (Wildman–Crippen LogP) is 1.76. The molecule has 0 aliphatic heterocycles. The van der Waals surface area contributed by atoms with Crippen LogP contribution in [-0.4, -0.2) is 12.5 Å². The average Bonchev–Trinajstić information content (AvgIpc) is 1.63. The molecular weight excluding hydrogens is 124 g/mol. The maximum atomic E-state index is 11.9. The quantitative estimate of drug-likeness (QED) is 0.621. The minimum Gasteiger partial charge on any atom is -0.385 e. The minimum atomic E-state index is -2.61. The second-order valence-electron chi connectivity index (χ2n) is 1.95. The molecule has 0 unspecified atom stereocenters. The van der Waals surface area contributed by atoms with Gasteiger partial charge < -0.3 is 5.32 Å². The lowest BCUT2D eigenvalue weighted by Crippen LogP contribution is -2.25. The zero-order chi connectivity index (χ0) is 7.33. The summed E-state index contributed by atoms with van der Waals surface area (Å²) >= 11 is 0. The summed E-state index contributed by atoms with van der Waals surface area (Å²) in [6, 6.07) is 0. The van der Waals surface area contributed by atoms with Gasteiger partial charge in [-0.1, -0.05) is 6.08 Å². The van der Waals surface area contributed by atoms with Crippen molar-refractivity contribution in [2.24, 2.45) is 0 Å². The number of halogens is 2. The fourth-order valence-corrected chi connectivity index (χ4v) is 0.356. The molecule has 1 N–H and O–H groups in total. The Hall–Kier alpha value is -0.600. The highest BCUT2D eigenvalue weighted by Crippen LogP contribution is 2.08. The van der Waals surface area contributed by atoms with Crippen LogP contribution in [0.3, 0.4) is 0 Å². The van der Waals surface area contributed by atoms with E-state index in [0.717, 1.165) is 6.92 Å². The summed E-state index contributed by atoms with van der Waals surface area (Å²) in [4.78, 5) is 0. The Kier molecular flexibility index (Phi) is 3.20. The minimum absolute atomic E-state index is 0.294. The highest BCUT2D eigenvalue weighted by Gasteiger charge is 2.18. The molecule has 0 saturated heterocycles. The molecule has 3 heteroatoms. The lowest BCUT2D eigenvalue weighted by Gasteiger charge is -2.08. The molecule has 0 fully saturated rings. The summed E-state index contributed by atoms with van der Waals surface area (Å²) in [6.45, 7) is 2.35. The Bertz CT molecular complexity index is 93.7. The van der Waals surface area contributed by atoms with E-state index in [1.807, 2.05) is 0 Å². The smallest absolute Gasteiger partial charge is 0.262 e. The van der Waals surface area contributed by atoms with Crippen LogP contribution in [0, 0.1) is 0 Å². The summed E-state index contributed by atoms with van der Waals surface area (Å²) < 4.78 is 23.9. The van der Waals surface area contributed by atoms with Crippen molar-refractivity contribution in [2.45, 2.75) is 19.8 Å². The van der Waals surface area contributed by atoms with Crippen molar-refractivity contribution in [3.05, 3.63) is 12.3 Å². The van der Waals surface area contributed by atoms with E-state index in [2.05, 4.69) is 5.32 Å². The molecule has 54 valence electrons. The number of hydrogen-bond acceptors (Lipinski definition) is 1. The molecule has 0 radical (unpaired) electrons. The van der Waals surface area contributed by atoms with Gasteiger partial charge in [0.2, 0.25) is 0 Å². The molecule has 0 spiro atoms. The highest BCUT2D eigenvalue weighted by atomic mass is 19.3. The Morgan fingerprint density at radius 1 is 1.56 bits per heavy atom. The highest BCUT2D eigenvalue weighted by molar-refractivity contribution is 4.76. The first kappa shape index (κ1) is 8.40. The third kappa shape index (κ3) is 7.40. The summed E-state index contributed by atoms with van der Waals surface area (Å²) in [6.07, 6.45) is 3.17. The van der Waals surface area contributed by atoms with Crippen LogP contribution >= 0.6 is 0 Å². The predicted molar refractivity (Wildman–Crippen MR) is 33.4 cm³/mol. The van der Waals surface area contributed by atoms with Crippen molar-refractivity contribution in [1.29, 1.82) is 0 Å². The molecule has 0 aromatic heterocycles. The molecular formula is C6H11F2N. The monoisotopic (exact) mass is 135 g/mol. The largest absolute Gasteiger partial charge is 0.385 e. The Morgan fingerprint density at radius 2 is 2.11 bits per heavy atom. The average molecular weight is 135 g/mol. The summed E-state index contributed by atoms with van der Waals surface area (Å²) in [5, 5.41) is 2.44. The Labute approximate surface area is 53.8 Å². The van der Waals surface area contributed by atoms with Gasteiger partial charge in [0.1, 0.15) is 0 Å². The molecule has 0 bridgehead atoms. The molecule has 0 aromatic carbocycles. The number of hydrogen-bond donors (Lipinski definition) is 1. The van der Waals surface area contributed by atoms with E-state index in [1.54, 1.807) is 13.0 Å². The number of allylic oxidation sites excluding steroid dienone is 1. The fourth-order valence-electron chi connectivity index (χ4n) is 0.356. The van der Waals surface area contributed by atoms with Gasteiger partial charge in [0, 0.05) is 6.92 Å². The molecule has 0 amide bonds. The van der Waals surface area contributed by atoms with Gasteiger partial charge in [-0.2, -0.15) is 0 Å². The van der Waals surface area contributed by atoms with Crippen LogP contribution in [0.5, 0.6) is 0 Å². The number of alkyl halides is 2. The van der Waals surface area contributed by atoms with Gasteiger partial charge in [-0.25, -0.2) is 8.78 Å². The third-order valence-corrected chi connectivity index (χ3v) is 0.697. The van der Waals surface area contributed by atoms with Crippen LogP contribution in [0.25, 0.3) is 0 Å². The number of nitrogens with one attached hydrogen (secondary N) is 1. The Balaban J connectivity index is 3.28. The standard InChI is InChI=1S/C6H11F2N/c1-3-4-9-5-6(2,7)8/h3-4,9H,5H2,1-2H3/b4-3-. The van der Waals surface area contributed by atoms with Gasteiger partial charge in [-0.3, -0.25) is 0 Å². The second kappa shape index (κ2) is 3.43.